The van der Waals surface area contributed by atoms with Gasteiger partial charge in [0.15, 0.2) is 6.10 Å². The van der Waals surface area contributed by atoms with Crippen molar-refractivity contribution in [3.8, 4) is 6.07 Å². The molecule has 0 aliphatic carbocycles. The quantitative estimate of drug-likeness (QED) is 0.481. The molecule has 0 N–H and O–H groups in total. The fourth-order valence-corrected chi connectivity index (χ4v) is 1.60. The lowest BCUT2D eigenvalue weighted by Crippen LogP contribution is -2.35. The Bertz CT molecular complexity index is 595. The van der Waals surface area contributed by atoms with Crippen molar-refractivity contribution in [2.45, 2.75) is 20.0 Å². The van der Waals surface area contributed by atoms with Crippen molar-refractivity contribution in [3.63, 3.8) is 0 Å². The van der Waals surface area contributed by atoms with E-state index in [9.17, 15) is 9.59 Å². The topological polar surface area (TPSA) is 70.4 Å². The predicted octanol–water partition coefficient (Wildman–Crippen LogP) is 1.92. The highest BCUT2D eigenvalue weighted by atomic mass is 16.5. The van der Waals surface area contributed by atoms with E-state index in [1.54, 1.807) is 32.3 Å². The number of likely N-dealkylation sites (N-methyl/N-ethyl adjacent to an activating group) is 1. The van der Waals surface area contributed by atoms with Crippen LogP contribution in [0.2, 0.25) is 0 Å². The first-order valence-corrected chi connectivity index (χ1v) is 6.45. The zero-order valence-electron chi connectivity index (χ0n) is 12.6. The number of hydrogen-bond acceptors (Lipinski definition) is 4. The zero-order valence-corrected chi connectivity index (χ0v) is 12.6. The molecule has 0 aromatic heterocycles. The molecule has 0 fully saturated rings. The van der Waals surface area contributed by atoms with Crippen molar-refractivity contribution < 1.29 is 14.3 Å². The van der Waals surface area contributed by atoms with Crippen LogP contribution in [0.25, 0.3) is 6.08 Å². The summed E-state index contributed by atoms with van der Waals surface area (Å²) in [4.78, 5) is 24.9. The minimum Gasteiger partial charge on any atom is -0.448 e. The van der Waals surface area contributed by atoms with Gasteiger partial charge in [-0.15, -0.1) is 0 Å². The summed E-state index contributed by atoms with van der Waals surface area (Å²) in [5.74, 6) is -1.14. The molecule has 110 valence electrons. The van der Waals surface area contributed by atoms with E-state index >= 15 is 0 Å². The van der Waals surface area contributed by atoms with E-state index in [-0.39, 0.29) is 11.5 Å². The molecule has 1 aromatic carbocycles. The predicted molar refractivity (Wildman–Crippen MR) is 79.0 cm³/mol. The first-order valence-electron chi connectivity index (χ1n) is 6.45. The Morgan fingerprint density at radius 1 is 1.29 bits per heavy atom. The third-order valence-corrected chi connectivity index (χ3v) is 2.80. The number of benzene rings is 1. The van der Waals surface area contributed by atoms with E-state index in [0.29, 0.717) is 0 Å². The SMILES string of the molecule is Cc1ccc(/C=C(\C#N)C(=O)O[C@@H](C)C(=O)N(C)C)cc1. The van der Waals surface area contributed by atoms with Crippen LogP contribution in [0.15, 0.2) is 29.8 Å². The summed E-state index contributed by atoms with van der Waals surface area (Å²) in [7, 11) is 3.14. The zero-order chi connectivity index (χ0) is 16.0. The van der Waals surface area contributed by atoms with Crippen LogP contribution in [0.5, 0.6) is 0 Å². The Balaban J connectivity index is 2.85. The van der Waals surface area contributed by atoms with Crippen LogP contribution in [0.1, 0.15) is 18.1 Å². The van der Waals surface area contributed by atoms with Gasteiger partial charge in [0, 0.05) is 14.1 Å². The summed E-state index contributed by atoms with van der Waals surface area (Å²) >= 11 is 0. The monoisotopic (exact) mass is 286 g/mol. The molecular weight excluding hydrogens is 268 g/mol. The molecule has 5 heteroatoms. The average molecular weight is 286 g/mol. The van der Waals surface area contributed by atoms with Crippen LogP contribution in [-0.2, 0) is 14.3 Å². The maximum absolute atomic E-state index is 11.9. The minimum absolute atomic E-state index is 0.141. The van der Waals surface area contributed by atoms with Crippen LogP contribution in [0.3, 0.4) is 0 Å². The van der Waals surface area contributed by atoms with Gasteiger partial charge in [0.05, 0.1) is 0 Å². The van der Waals surface area contributed by atoms with Gasteiger partial charge >= 0.3 is 5.97 Å². The first-order chi connectivity index (χ1) is 9.85. The standard InChI is InChI=1S/C16H18N2O3/c1-11-5-7-13(8-6-11)9-14(10-17)16(20)21-12(2)15(19)18(3)4/h5-9,12H,1-4H3/b14-9+/t12-/m0/s1. The van der Waals surface area contributed by atoms with Gasteiger partial charge in [0.25, 0.3) is 5.91 Å². The van der Waals surface area contributed by atoms with Gasteiger partial charge in [-0.3, -0.25) is 4.79 Å². The number of ether oxygens (including phenoxy) is 1. The number of hydrogen-bond donors (Lipinski definition) is 0. The number of esters is 1. The molecule has 0 bridgehead atoms. The van der Waals surface area contributed by atoms with E-state index in [1.807, 2.05) is 19.1 Å². The lowest BCUT2D eigenvalue weighted by Gasteiger charge is -2.16. The summed E-state index contributed by atoms with van der Waals surface area (Å²) in [5, 5.41) is 9.06. The molecule has 1 rings (SSSR count). The lowest BCUT2D eigenvalue weighted by atomic mass is 10.1. The second-order valence-electron chi connectivity index (χ2n) is 4.86. The lowest BCUT2D eigenvalue weighted by molar-refractivity contribution is -0.154. The summed E-state index contributed by atoms with van der Waals surface area (Å²) < 4.78 is 5.00. The molecule has 0 spiro atoms. The molecule has 0 saturated heterocycles. The van der Waals surface area contributed by atoms with Crippen LogP contribution in [0, 0.1) is 18.3 Å². The Morgan fingerprint density at radius 3 is 2.33 bits per heavy atom. The average Bonchev–Trinajstić information content (AvgIpc) is 2.45. The van der Waals surface area contributed by atoms with Gasteiger partial charge in [0.1, 0.15) is 11.6 Å². The molecule has 0 radical (unpaired) electrons. The number of aryl methyl sites for hydroxylation is 1. The molecule has 5 nitrogen and oxygen atoms in total. The molecule has 21 heavy (non-hydrogen) atoms. The van der Waals surface area contributed by atoms with Crippen molar-refractivity contribution in [3.05, 3.63) is 41.0 Å². The highest BCUT2D eigenvalue weighted by Gasteiger charge is 2.21. The fourth-order valence-electron chi connectivity index (χ4n) is 1.60. The van der Waals surface area contributed by atoms with Crippen molar-refractivity contribution in [2.24, 2.45) is 0 Å². The van der Waals surface area contributed by atoms with Crippen LogP contribution in [0.4, 0.5) is 0 Å². The number of nitrogens with zero attached hydrogens (tertiary/aromatic N) is 2. The number of nitriles is 1. The number of carbonyl (C=O) groups is 2. The largest absolute Gasteiger partial charge is 0.448 e. The molecule has 0 aliphatic rings. The van der Waals surface area contributed by atoms with Crippen LogP contribution < -0.4 is 0 Å². The second-order valence-corrected chi connectivity index (χ2v) is 4.86. The molecule has 0 aliphatic heterocycles. The van der Waals surface area contributed by atoms with E-state index < -0.39 is 12.1 Å². The molecule has 1 aromatic rings. The number of amides is 1. The maximum Gasteiger partial charge on any atom is 0.349 e. The van der Waals surface area contributed by atoms with E-state index in [1.165, 1.54) is 17.9 Å². The van der Waals surface area contributed by atoms with Crippen molar-refractivity contribution >= 4 is 18.0 Å². The van der Waals surface area contributed by atoms with Gasteiger partial charge in [-0.1, -0.05) is 29.8 Å². The molecule has 0 unspecified atom stereocenters. The van der Waals surface area contributed by atoms with Crippen LogP contribution in [-0.4, -0.2) is 37.0 Å². The Morgan fingerprint density at radius 2 is 1.86 bits per heavy atom. The maximum atomic E-state index is 11.9. The molecule has 0 heterocycles. The molecule has 1 atom stereocenters. The normalized spacial score (nSPS) is 12.2. The Kier molecular flexibility index (Phi) is 5.67. The number of carbonyl (C=O) groups excluding carboxylic acids is 2. The van der Waals surface area contributed by atoms with Crippen molar-refractivity contribution in [2.75, 3.05) is 14.1 Å². The molecular formula is C16H18N2O3. The molecule has 0 saturated carbocycles. The Hall–Kier alpha value is -2.61. The van der Waals surface area contributed by atoms with Crippen LogP contribution >= 0.6 is 0 Å². The molecule has 1 amide bonds. The fraction of sp³-hybridized carbons (Fsp3) is 0.312. The first kappa shape index (κ1) is 16.4. The van der Waals surface area contributed by atoms with E-state index in [4.69, 9.17) is 10.00 Å². The van der Waals surface area contributed by atoms with E-state index in [0.717, 1.165) is 11.1 Å². The van der Waals surface area contributed by atoms with Gasteiger partial charge in [-0.05, 0) is 25.5 Å². The van der Waals surface area contributed by atoms with Gasteiger partial charge in [0.2, 0.25) is 0 Å². The Labute approximate surface area is 124 Å². The third kappa shape index (κ3) is 4.77. The highest BCUT2D eigenvalue weighted by molar-refractivity contribution is 5.99. The van der Waals surface area contributed by atoms with E-state index in [2.05, 4.69) is 0 Å². The van der Waals surface area contributed by atoms with Crippen molar-refractivity contribution in [1.29, 1.82) is 5.26 Å². The smallest absolute Gasteiger partial charge is 0.349 e. The van der Waals surface area contributed by atoms with Gasteiger partial charge < -0.3 is 9.64 Å². The summed E-state index contributed by atoms with van der Waals surface area (Å²) in [6, 6.07) is 9.16. The summed E-state index contributed by atoms with van der Waals surface area (Å²) in [6.07, 6.45) is 0.511. The second kappa shape index (κ2) is 7.25. The van der Waals surface area contributed by atoms with Crippen molar-refractivity contribution in [1.82, 2.24) is 4.90 Å². The summed E-state index contributed by atoms with van der Waals surface area (Å²) in [6.45, 7) is 3.42. The summed E-state index contributed by atoms with van der Waals surface area (Å²) in [5.41, 5.74) is 1.66. The highest BCUT2D eigenvalue weighted by Crippen LogP contribution is 2.10. The number of rotatable bonds is 4. The third-order valence-electron chi connectivity index (χ3n) is 2.80. The van der Waals surface area contributed by atoms with Gasteiger partial charge in [-0.2, -0.15) is 5.26 Å². The van der Waals surface area contributed by atoms with Gasteiger partial charge in [-0.25, -0.2) is 4.79 Å². The minimum atomic E-state index is -0.928.